The summed E-state index contributed by atoms with van der Waals surface area (Å²) in [4.78, 5) is 27.6. The minimum atomic E-state index is -0.431. The summed E-state index contributed by atoms with van der Waals surface area (Å²) in [6, 6.07) is 8.28. The Bertz CT molecular complexity index is 779. The number of benzene rings is 1. The van der Waals surface area contributed by atoms with Crippen LogP contribution in [0.5, 0.6) is 0 Å². The number of carbonyl (C=O) groups excluding carboxylic acids is 2. The van der Waals surface area contributed by atoms with Crippen molar-refractivity contribution >= 4 is 46.4 Å². The molecule has 0 aliphatic carbocycles. The fraction of sp³-hybridized carbons (Fsp3) is 0.333. The van der Waals surface area contributed by atoms with E-state index in [4.69, 9.17) is 23.2 Å². The van der Waals surface area contributed by atoms with Gasteiger partial charge in [0.2, 0.25) is 5.91 Å². The smallest absolute Gasteiger partial charge is 0.264 e. The molecule has 2 unspecified atom stereocenters. The van der Waals surface area contributed by atoms with Crippen LogP contribution in [0.15, 0.2) is 35.7 Å². The third kappa shape index (κ3) is 4.00. The summed E-state index contributed by atoms with van der Waals surface area (Å²) in [5.74, 6) is -0.212. The van der Waals surface area contributed by atoms with Crippen molar-refractivity contribution in [3.63, 3.8) is 0 Å². The summed E-state index contributed by atoms with van der Waals surface area (Å²) in [6.45, 7) is 2.49. The van der Waals surface area contributed by atoms with Crippen molar-refractivity contribution in [1.82, 2.24) is 10.2 Å². The Morgan fingerprint density at radius 2 is 2.08 bits per heavy atom. The molecule has 132 valence electrons. The molecule has 0 saturated carbocycles. The molecule has 7 heteroatoms. The van der Waals surface area contributed by atoms with Gasteiger partial charge in [-0.15, -0.1) is 11.3 Å². The molecule has 1 saturated heterocycles. The molecule has 2 amide bonds. The standard InChI is InChI=1S/C18H18Cl2N2O2S/c1-11(12-6-7-13(19)14(20)10-12)21-17(23)15-4-2-8-22(15)18(24)16-5-3-9-25-16/h3,5-7,9-11,15H,2,4,8H2,1H3,(H,21,23). The highest BCUT2D eigenvalue weighted by atomic mass is 35.5. The largest absolute Gasteiger partial charge is 0.348 e. The third-order valence-corrected chi connectivity index (χ3v) is 5.95. The van der Waals surface area contributed by atoms with Crippen LogP contribution in [0.2, 0.25) is 10.0 Å². The highest BCUT2D eigenvalue weighted by Crippen LogP contribution is 2.27. The predicted octanol–water partition coefficient (Wildman–Crippen LogP) is 4.54. The molecule has 2 aromatic rings. The van der Waals surface area contributed by atoms with Crippen LogP contribution in [0.25, 0.3) is 0 Å². The van der Waals surface area contributed by atoms with Crippen molar-refractivity contribution < 1.29 is 9.59 Å². The van der Waals surface area contributed by atoms with Crippen molar-refractivity contribution in [2.75, 3.05) is 6.54 Å². The van der Waals surface area contributed by atoms with Crippen LogP contribution < -0.4 is 5.32 Å². The normalized spacial score (nSPS) is 18.2. The third-order valence-electron chi connectivity index (χ3n) is 4.35. The Morgan fingerprint density at radius 1 is 1.28 bits per heavy atom. The highest BCUT2D eigenvalue weighted by molar-refractivity contribution is 7.12. The summed E-state index contributed by atoms with van der Waals surface area (Å²) < 4.78 is 0. The van der Waals surface area contributed by atoms with E-state index < -0.39 is 6.04 Å². The molecule has 0 spiro atoms. The van der Waals surface area contributed by atoms with Gasteiger partial charge >= 0.3 is 0 Å². The second kappa shape index (κ2) is 7.77. The Morgan fingerprint density at radius 3 is 2.76 bits per heavy atom. The number of amides is 2. The van der Waals surface area contributed by atoms with Crippen LogP contribution in [-0.2, 0) is 4.79 Å². The second-order valence-corrected chi connectivity index (χ2v) is 7.80. The molecule has 3 rings (SSSR count). The van der Waals surface area contributed by atoms with E-state index in [1.807, 2.05) is 24.4 Å². The van der Waals surface area contributed by atoms with Gasteiger partial charge in [-0.05, 0) is 48.9 Å². The Hall–Kier alpha value is -1.56. The van der Waals surface area contributed by atoms with Gasteiger partial charge < -0.3 is 10.2 Å². The van der Waals surface area contributed by atoms with Crippen LogP contribution in [-0.4, -0.2) is 29.3 Å². The first-order chi connectivity index (χ1) is 12.0. The number of thiophene rings is 1. The van der Waals surface area contributed by atoms with E-state index in [1.54, 1.807) is 23.1 Å². The topological polar surface area (TPSA) is 49.4 Å². The van der Waals surface area contributed by atoms with Crippen LogP contribution in [0, 0.1) is 0 Å². The molecule has 1 fully saturated rings. The Balaban J connectivity index is 1.69. The average molecular weight is 397 g/mol. The van der Waals surface area contributed by atoms with Gasteiger partial charge in [0.25, 0.3) is 5.91 Å². The van der Waals surface area contributed by atoms with Gasteiger partial charge in [0, 0.05) is 6.54 Å². The molecular formula is C18H18Cl2N2O2S. The maximum absolute atomic E-state index is 12.7. The predicted molar refractivity (Wildman–Crippen MR) is 101 cm³/mol. The van der Waals surface area contributed by atoms with E-state index >= 15 is 0 Å². The van der Waals surface area contributed by atoms with Crippen molar-refractivity contribution in [3.8, 4) is 0 Å². The Kier molecular flexibility index (Phi) is 5.67. The van der Waals surface area contributed by atoms with Crippen molar-refractivity contribution in [3.05, 3.63) is 56.2 Å². The summed E-state index contributed by atoms with van der Waals surface area (Å²) in [6.07, 6.45) is 1.51. The zero-order valence-corrected chi connectivity index (χ0v) is 16.0. The number of nitrogens with zero attached hydrogens (tertiary/aromatic N) is 1. The molecule has 25 heavy (non-hydrogen) atoms. The molecule has 2 heterocycles. The number of rotatable bonds is 4. The van der Waals surface area contributed by atoms with E-state index in [1.165, 1.54) is 11.3 Å². The number of carbonyl (C=O) groups is 2. The number of hydrogen-bond acceptors (Lipinski definition) is 3. The Labute approximate surface area is 160 Å². The molecule has 1 aromatic carbocycles. The van der Waals surface area contributed by atoms with Gasteiger partial charge in [-0.25, -0.2) is 0 Å². The lowest BCUT2D eigenvalue weighted by atomic mass is 10.1. The van der Waals surface area contributed by atoms with Gasteiger partial charge in [0.15, 0.2) is 0 Å². The highest BCUT2D eigenvalue weighted by Gasteiger charge is 2.35. The van der Waals surface area contributed by atoms with Gasteiger partial charge in [0.1, 0.15) is 6.04 Å². The maximum Gasteiger partial charge on any atom is 0.264 e. The molecule has 2 atom stereocenters. The molecule has 1 N–H and O–H groups in total. The van der Waals surface area contributed by atoms with E-state index in [0.717, 1.165) is 12.0 Å². The number of halogens is 2. The minimum Gasteiger partial charge on any atom is -0.348 e. The number of likely N-dealkylation sites (tertiary alicyclic amines) is 1. The summed E-state index contributed by atoms with van der Waals surface area (Å²) in [5.41, 5.74) is 0.872. The van der Waals surface area contributed by atoms with Crippen molar-refractivity contribution in [2.24, 2.45) is 0 Å². The molecule has 1 aromatic heterocycles. The molecule has 1 aliphatic heterocycles. The molecule has 1 aliphatic rings. The zero-order chi connectivity index (χ0) is 18.0. The summed E-state index contributed by atoms with van der Waals surface area (Å²) in [5, 5.41) is 5.78. The van der Waals surface area contributed by atoms with Gasteiger partial charge in [-0.3, -0.25) is 9.59 Å². The zero-order valence-electron chi connectivity index (χ0n) is 13.7. The van der Waals surface area contributed by atoms with Crippen LogP contribution >= 0.6 is 34.5 Å². The van der Waals surface area contributed by atoms with Gasteiger partial charge in [-0.1, -0.05) is 35.3 Å². The van der Waals surface area contributed by atoms with Crippen LogP contribution in [0.4, 0.5) is 0 Å². The van der Waals surface area contributed by atoms with Gasteiger partial charge in [0.05, 0.1) is 21.0 Å². The van der Waals surface area contributed by atoms with E-state index in [-0.39, 0.29) is 17.9 Å². The first-order valence-electron chi connectivity index (χ1n) is 8.07. The van der Waals surface area contributed by atoms with Crippen molar-refractivity contribution in [2.45, 2.75) is 31.8 Å². The number of nitrogens with one attached hydrogen (secondary N) is 1. The molecule has 4 nitrogen and oxygen atoms in total. The second-order valence-electron chi connectivity index (χ2n) is 6.04. The SMILES string of the molecule is CC(NC(=O)C1CCCN1C(=O)c1cccs1)c1ccc(Cl)c(Cl)c1. The number of hydrogen-bond donors (Lipinski definition) is 1. The quantitative estimate of drug-likeness (QED) is 0.824. The molecule has 0 bridgehead atoms. The van der Waals surface area contributed by atoms with E-state index in [9.17, 15) is 9.59 Å². The first kappa shape index (κ1) is 18.2. The monoisotopic (exact) mass is 396 g/mol. The van der Waals surface area contributed by atoms with Gasteiger partial charge in [-0.2, -0.15) is 0 Å². The van der Waals surface area contributed by atoms with E-state index in [2.05, 4.69) is 5.32 Å². The lowest BCUT2D eigenvalue weighted by Crippen LogP contribution is -2.46. The first-order valence-corrected chi connectivity index (χ1v) is 9.70. The summed E-state index contributed by atoms with van der Waals surface area (Å²) in [7, 11) is 0. The van der Waals surface area contributed by atoms with Crippen LogP contribution in [0.1, 0.15) is 41.0 Å². The molecule has 0 radical (unpaired) electrons. The molecular weight excluding hydrogens is 379 g/mol. The lowest BCUT2D eigenvalue weighted by Gasteiger charge is -2.25. The lowest BCUT2D eigenvalue weighted by molar-refractivity contribution is -0.125. The minimum absolute atomic E-state index is 0.0742. The van der Waals surface area contributed by atoms with E-state index in [0.29, 0.717) is 27.9 Å². The fourth-order valence-electron chi connectivity index (χ4n) is 3.00. The average Bonchev–Trinajstić information content (AvgIpc) is 3.28. The maximum atomic E-state index is 12.7. The van der Waals surface area contributed by atoms with Crippen molar-refractivity contribution in [1.29, 1.82) is 0 Å². The summed E-state index contributed by atoms with van der Waals surface area (Å²) >= 11 is 13.4. The van der Waals surface area contributed by atoms with Crippen LogP contribution in [0.3, 0.4) is 0 Å². The fourth-order valence-corrected chi connectivity index (χ4v) is 3.98.